The molecule has 2 aromatic carbocycles. The molecule has 1 aliphatic rings. The van der Waals surface area contributed by atoms with Gasteiger partial charge in [0.2, 0.25) is 0 Å². The van der Waals surface area contributed by atoms with Gasteiger partial charge in [-0.1, -0.05) is 31.2 Å². The van der Waals surface area contributed by atoms with E-state index in [2.05, 4.69) is 23.5 Å². The summed E-state index contributed by atoms with van der Waals surface area (Å²) in [5.41, 5.74) is 4.68. The van der Waals surface area contributed by atoms with Crippen LogP contribution in [0.25, 0.3) is 0 Å². The van der Waals surface area contributed by atoms with Gasteiger partial charge in [0.1, 0.15) is 0 Å². The van der Waals surface area contributed by atoms with Crippen molar-refractivity contribution in [3.8, 4) is 0 Å². The van der Waals surface area contributed by atoms with Crippen LogP contribution in [0.4, 0.5) is 8.78 Å². The van der Waals surface area contributed by atoms with Crippen molar-refractivity contribution < 1.29 is 8.78 Å². The topological polar surface area (TPSA) is 12.0 Å². The minimum absolute atomic E-state index is 0.101. The van der Waals surface area contributed by atoms with E-state index in [-0.39, 0.29) is 6.04 Å². The molecule has 0 aromatic heterocycles. The molecule has 1 N–H and O–H groups in total. The third kappa shape index (κ3) is 2.84. The van der Waals surface area contributed by atoms with Crippen molar-refractivity contribution in [2.24, 2.45) is 0 Å². The Morgan fingerprint density at radius 1 is 0.952 bits per heavy atom. The van der Waals surface area contributed by atoms with Gasteiger partial charge in [-0.2, -0.15) is 0 Å². The number of hydrogen-bond donors (Lipinski definition) is 1. The van der Waals surface area contributed by atoms with Gasteiger partial charge >= 0.3 is 0 Å². The van der Waals surface area contributed by atoms with E-state index in [0.29, 0.717) is 0 Å². The summed E-state index contributed by atoms with van der Waals surface area (Å²) in [6.45, 7) is 2.78. The van der Waals surface area contributed by atoms with E-state index in [9.17, 15) is 8.78 Å². The Hall–Kier alpha value is -1.74. The zero-order valence-electron chi connectivity index (χ0n) is 12.1. The van der Waals surface area contributed by atoms with E-state index in [4.69, 9.17) is 0 Å². The number of rotatable bonds is 4. The molecule has 0 saturated carbocycles. The zero-order valence-corrected chi connectivity index (χ0v) is 12.1. The number of hydrogen-bond acceptors (Lipinski definition) is 1. The summed E-state index contributed by atoms with van der Waals surface area (Å²) in [5.74, 6) is -1.60. The third-order valence-electron chi connectivity index (χ3n) is 4.14. The van der Waals surface area contributed by atoms with Gasteiger partial charge < -0.3 is 5.32 Å². The fraction of sp³-hybridized carbons (Fsp3) is 0.333. The van der Waals surface area contributed by atoms with Gasteiger partial charge in [-0.25, -0.2) is 8.78 Å². The van der Waals surface area contributed by atoms with E-state index in [1.54, 1.807) is 6.07 Å². The number of fused-ring (bicyclic) bond motifs is 1. The van der Waals surface area contributed by atoms with Gasteiger partial charge in [0, 0.05) is 0 Å². The van der Waals surface area contributed by atoms with E-state index in [1.807, 2.05) is 6.92 Å². The summed E-state index contributed by atoms with van der Waals surface area (Å²) >= 11 is 0. The van der Waals surface area contributed by atoms with Crippen LogP contribution in [-0.4, -0.2) is 6.54 Å². The van der Waals surface area contributed by atoms with Crippen LogP contribution in [0.15, 0.2) is 36.4 Å². The number of halogens is 2. The van der Waals surface area contributed by atoms with Gasteiger partial charge in [-0.05, 0) is 60.2 Å². The Morgan fingerprint density at radius 2 is 1.67 bits per heavy atom. The van der Waals surface area contributed by atoms with Crippen LogP contribution in [-0.2, 0) is 12.8 Å². The molecule has 3 rings (SSSR count). The fourth-order valence-corrected chi connectivity index (χ4v) is 3.10. The summed E-state index contributed by atoms with van der Waals surface area (Å²) in [6, 6.07) is 10.5. The number of aryl methyl sites for hydroxylation is 2. The van der Waals surface area contributed by atoms with Gasteiger partial charge in [0.25, 0.3) is 0 Å². The lowest BCUT2D eigenvalue weighted by atomic mass is 9.95. The molecule has 2 aromatic rings. The lowest BCUT2D eigenvalue weighted by Gasteiger charge is -2.20. The molecule has 0 spiro atoms. The highest BCUT2D eigenvalue weighted by Crippen LogP contribution is 2.29. The molecule has 0 heterocycles. The Labute approximate surface area is 124 Å². The number of benzene rings is 2. The molecular weight excluding hydrogens is 268 g/mol. The summed E-state index contributed by atoms with van der Waals surface area (Å²) in [5, 5.41) is 3.36. The van der Waals surface area contributed by atoms with Gasteiger partial charge in [0.05, 0.1) is 6.04 Å². The van der Waals surface area contributed by atoms with Crippen molar-refractivity contribution in [1.82, 2.24) is 5.32 Å². The Kier molecular flexibility index (Phi) is 4.02. The molecule has 110 valence electrons. The molecule has 0 radical (unpaired) electrons. The standard InChI is InChI=1S/C18H19F2N/c1-2-21-18(15-8-9-16(19)17(20)11-15)14-7-6-12-4-3-5-13(12)10-14/h6-11,18,21H,2-5H2,1H3. The Balaban J connectivity index is 1.99. The predicted molar refractivity (Wildman–Crippen MR) is 80.3 cm³/mol. The van der Waals surface area contributed by atoms with Crippen LogP contribution in [0.5, 0.6) is 0 Å². The second-order valence-corrected chi connectivity index (χ2v) is 5.55. The molecule has 0 saturated heterocycles. The van der Waals surface area contributed by atoms with Crippen molar-refractivity contribution in [3.05, 3.63) is 70.3 Å². The molecule has 0 bridgehead atoms. The molecule has 0 fully saturated rings. The second-order valence-electron chi connectivity index (χ2n) is 5.55. The SMILES string of the molecule is CCNC(c1ccc(F)c(F)c1)c1ccc2c(c1)CCC2. The van der Waals surface area contributed by atoms with Crippen molar-refractivity contribution in [3.63, 3.8) is 0 Å². The summed E-state index contributed by atoms with van der Waals surface area (Å²) in [6.07, 6.45) is 3.46. The summed E-state index contributed by atoms with van der Waals surface area (Å²) in [7, 11) is 0. The maximum Gasteiger partial charge on any atom is 0.159 e. The minimum Gasteiger partial charge on any atom is -0.307 e. The highest BCUT2D eigenvalue weighted by molar-refractivity contribution is 5.40. The fourth-order valence-electron chi connectivity index (χ4n) is 3.10. The third-order valence-corrected chi connectivity index (χ3v) is 4.14. The van der Waals surface area contributed by atoms with Crippen LogP contribution in [0.1, 0.15) is 41.6 Å². The van der Waals surface area contributed by atoms with E-state index < -0.39 is 11.6 Å². The highest BCUT2D eigenvalue weighted by atomic mass is 19.2. The predicted octanol–water partition coefficient (Wildman–Crippen LogP) is 4.15. The Bertz CT molecular complexity index is 652. The first-order chi connectivity index (χ1) is 10.2. The molecule has 0 aliphatic heterocycles. The van der Waals surface area contributed by atoms with Gasteiger partial charge in [-0.3, -0.25) is 0 Å². The van der Waals surface area contributed by atoms with Gasteiger partial charge in [-0.15, -0.1) is 0 Å². The van der Waals surface area contributed by atoms with Crippen molar-refractivity contribution >= 4 is 0 Å². The normalized spacial score (nSPS) is 15.0. The van der Waals surface area contributed by atoms with Gasteiger partial charge in [0.15, 0.2) is 11.6 Å². The van der Waals surface area contributed by atoms with Crippen molar-refractivity contribution in [2.75, 3.05) is 6.54 Å². The first-order valence-corrected chi connectivity index (χ1v) is 7.49. The molecule has 1 aliphatic carbocycles. The van der Waals surface area contributed by atoms with E-state index >= 15 is 0 Å². The lowest BCUT2D eigenvalue weighted by Crippen LogP contribution is -2.22. The monoisotopic (exact) mass is 287 g/mol. The van der Waals surface area contributed by atoms with Crippen LogP contribution < -0.4 is 5.32 Å². The van der Waals surface area contributed by atoms with Crippen molar-refractivity contribution in [2.45, 2.75) is 32.2 Å². The van der Waals surface area contributed by atoms with Crippen LogP contribution in [0, 0.1) is 11.6 Å². The second kappa shape index (κ2) is 5.94. The quantitative estimate of drug-likeness (QED) is 0.890. The molecule has 21 heavy (non-hydrogen) atoms. The first kappa shape index (κ1) is 14.2. The molecule has 0 amide bonds. The molecule has 1 unspecified atom stereocenters. The van der Waals surface area contributed by atoms with E-state index in [1.165, 1.54) is 29.7 Å². The van der Waals surface area contributed by atoms with Crippen LogP contribution in [0.2, 0.25) is 0 Å². The lowest BCUT2D eigenvalue weighted by molar-refractivity contribution is 0.504. The molecular formula is C18H19F2N. The average molecular weight is 287 g/mol. The van der Waals surface area contributed by atoms with Crippen LogP contribution >= 0.6 is 0 Å². The maximum absolute atomic E-state index is 13.5. The molecule has 3 heteroatoms. The highest BCUT2D eigenvalue weighted by Gasteiger charge is 2.18. The minimum atomic E-state index is -0.803. The average Bonchev–Trinajstić information content (AvgIpc) is 2.95. The van der Waals surface area contributed by atoms with E-state index in [0.717, 1.165) is 30.5 Å². The smallest absolute Gasteiger partial charge is 0.159 e. The van der Waals surface area contributed by atoms with Crippen molar-refractivity contribution in [1.29, 1.82) is 0 Å². The molecule has 1 nitrogen and oxygen atoms in total. The summed E-state index contributed by atoms with van der Waals surface area (Å²) in [4.78, 5) is 0. The molecule has 1 atom stereocenters. The maximum atomic E-state index is 13.5. The largest absolute Gasteiger partial charge is 0.307 e. The number of nitrogens with one attached hydrogen (secondary N) is 1. The Morgan fingerprint density at radius 3 is 2.43 bits per heavy atom. The summed E-state index contributed by atoms with van der Waals surface area (Å²) < 4.78 is 26.6. The zero-order chi connectivity index (χ0) is 14.8. The first-order valence-electron chi connectivity index (χ1n) is 7.49. The van der Waals surface area contributed by atoms with Crippen LogP contribution in [0.3, 0.4) is 0 Å².